The SMILES string of the molecule is Ic1ccc(C2CCNC2)cc1. The molecular weight excluding hydrogens is 261 g/mol. The Morgan fingerprint density at radius 1 is 1.25 bits per heavy atom. The Morgan fingerprint density at radius 2 is 2.00 bits per heavy atom. The summed E-state index contributed by atoms with van der Waals surface area (Å²) < 4.78 is 1.32. The van der Waals surface area contributed by atoms with Crippen molar-refractivity contribution in [2.45, 2.75) is 12.3 Å². The van der Waals surface area contributed by atoms with Crippen molar-refractivity contribution in [3.8, 4) is 0 Å². The van der Waals surface area contributed by atoms with Crippen molar-refractivity contribution in [2.75, 3.05) is 13.1 Å². The first-order valence-electron chi connectivity index (χ1n) is 4.32. The number of halogens is 1. The van der Waals surface area contributed by atoms with Crippen LogP contribution in [0, 0.1) is 3.57 Å². The van der Waals surface area contributed by atoms with Crippen LogP contribution in [0.1, 0.15) is 17.9 Å². The number of rotatable bonds is 1. The van der Waals surface area contributed by atoms with E-state index in [1.807, 2.05) is 0 Å². The third-order valence-corrected chi connectivity index (χ3v) is 3.12. The van der Waals surface area contributed by atoms with Crippen LogP contribution in [0.2, 0.25) is 0 Å². The van der Waals surface area contributed by atoms with Crippen LogP contribution in [-0.4, -0.2) is 13.1 Å². The van der Waals surface area contributed by atoms with Crippen LogP contribution >= 0.6 is 22.6 Å². The third-order valence-electron chi connectivity index (χ3n) is 2.40. The number of benzene rings is 1. The predicted molar refractivity (Wildman–Crippen MR) is 59.4 cm³/mol. The molecular formula is C10H12IN. The molecule has 1 unspecified atom stereocenters. The molecule has 1 heterocycles. The lowest BCUT2D eigenvalue weighted by Gasteiger charge is -2.07. The fraction of sp³-hybridized carbons (Fsp3) is 0.400. The lowest BCUT2D eigenvalue weighted by atomic mass is 9.99. The van der Waals surface area contributed by atoms with Crippen LogP contribution < -0.4 is 5.32 Å². The molecule has 0 spiro atoms. The second-order valence-corrected chi connectivity index (χ2v) is 4.49. The van der Waals surface area contributed by atoms with Gasteiger partial charge in [-0.25, -0.2) is 0 Å². The molecule has 0 aliphatic carbocycles. The van der Waals surface area contributed by atoms with Crippen molar-refractivity contribution < 1.29 is 0 Å². The van der Waals surface area contributed by atoms with Gasteiger partial charge in [-0.3, -0.25) is 0 Å². The summed E-state index contributed by atoms with van der Waals surface area (Å²) in [6.07, 6.45) is 1.29. The van der Waals surface area contributed by atoms with E-state index in [1.54, 1.807) is 0 Å². The highest BCUT2D eigenvalue weighted by molar-refractivity contribution is 14.1. The average Bonchev–Trinajstić information content (AvgIpc) is 2.58. The summed E-state index contributed by atoms with van der Waals surface area (Å²) in [4.78, 5) is 0. The Morgan fingerprint density at radius 3 is 2.58 bits per heavy atom. The molecule has 2 rings (SSSR count). The Labute approximate surface area is 86.7 Å². The zero-order valence-corrected chi connectivity index (χ0v) is 9.04. The van der Waals surface area contributed by atoms with E-state index in [0.29, 0.717) is 0 Å². The standard InChI is InChI=1S/C10H12IN/c11-10-3-1-8(2-4-10)9-5-6-12-7-9/h1-4,9,12H,5-7H2. The van der Waals surface area contributed by atoms with Crippen molar-refractivity contribution in [1.29, 1.82) is 0 Å². The highest BCUT2D eigenvalue weighted by atomic mass is 127. The summed E-state index contributed by atoms with van der Waals surface area (Å²) in [6, 6.07) is 8.88. The second-order valence-electron chi connectivity index (χ2n) is 3.24. The van der Waals surface area contributed by atoms with E-state index in [4.69, 9.17) is 0 Å². The third kappa shape index (κ3) is 1.80. The predicted octanol–water partition coefficient (Wildman–Crippen LogP) is 2.37. The largest absolute Gasteiger partial charge is 0.316 e. The minimum Gasteiger partial charge on any atom is -0.316 e. The van der Waals surface area contributed by atoms with Gasteiger partial charge < -0.3 is 5.32 Å². The maximum absolute atomic E-state index is 3.38. The van der Waals surface area contributed by atoms with Crippen LogP contribution in [0.25, 0.3) is 0 Å². The van der Waals surface area contributed by atoms with Gasteiger partial charge in [0.25, 0.3) is 0 Å². The van der Waals surface area contributed by atoms with Crippen LogP contribution in [-0.2, 0) is 0 Å². The number of hydrogen-bond donors (Lipinski definition) is 1. The lowest BCUT2D eigenvalue weighted by molar-refractivity contribution is 0.763. The molecule has 0 saturated carbocycles. The van der Waals surface area contributed by atoms with E-state index < -0.39 is 0 Å². The molecule has 1 atom stereocenters. The van der Waals surface area contributed by atoms with Crippen LogP contribution in [0.15, 0.2) is 24.3 Å². The van der Waals surface area contributed by atoms with Crippen molar-refractivity contribution in [2.24, 2.45) is 0 Å². The molecule has 1 aromatic carbocycles. The Balaban J connectivity index is 2.17. The molecule has 1 nitrogen and oxygen atoms in total. The van der Waals surface area contributed by atoms with Crippen molar-refractivity contribution >= 4 is 22.6 Å². The molecule has 0 aromatic heterocycles. The van der Waals surface area contributed by atoms with E-state index in [9.17, 15) is 0 Å². The zero-order chi connectivity index (χ0) is 8.39. The zero-order valence-electron chi connectivity index (χ0n) is 6.89. The molecule has 1 N–H and O–H groups in total. The Hall–Kier alpha value is -0.0900. The quantitative estimate of drug-likeness (QED) is 0.775. The summed E-state index contributed by atoms with van der Waals surface area (Å²) >= 11 is 2.34. The topological polar surface area (TPSA) is 12.0 Å². The average molecular weight is 273 g/mol. The molecule has 2 heteroatoms. The molecule has 1 fully saturated rings. The van der Waals surface area contributed by atoms with E-state index in [1.165, 1.54) is 22.1 Å². The highest BCUT2D eigenvalue weighted by Gasteiger charge is 2.15. The minimum atomic E-state index is 0.752. The summed E-state index contributed by atoms with van der Waals surface area (Å²) in [5, 5.41) is 3.38. The molecule has 0 amide bonds. The van der Waals surface area contributed by atoms with Gasteiger partial charge in [0.1, 0.15) is 0 Å². The van der Waals surface area contributed by atoms with Gasteiger partial charge in [0.15, 0.2) is 0 Å². The van der Waals surface area contributed by atoms with Gasteiger partial charge in [-0.1, -0.05) is 12.1 Å². The fourth-order valence-electron chi connectivity index (χ4n) is 1.67. The maximum atomic E-state index is 3.38. The molecule has 0 radical (unpaired) electrons. The minimum absolute atomic E-state index is 0.752. The first-order chi connectivity index (χ1) is 5.86. The summed E-state index contributed by atoms with van der Waals surface area (Å²) in [6.45, 7) is 2.33. The van der Waals surface area contributed by atoms with Gasteiger partial charge >= 0.3 is 0 Å². The van der Waals surface area contributed by atoms with Crippen molar-refractivity contribution in [3.63, 3.8) is 0 Å². The summed E-state index contributed by atoms with van der Waals surface area (Å²) in [7, 11) is 0. The maximum Gasteiger partial charge on any atom is 0.0130 e. The molecule has 0 bridgehead atoms. The summed E-state index contributed by atoms with van der Waals surface area (Å²) in [5.41, 5.74) is 1.49. The van der Waals surface area contributed by atoms with Gasteiger partial charge in [0.05, 0.1) is 0 Å². The van der Waals surface area contributed by atoms with E-state index >= 15 is 0 Å². The van der Waals surface area contributed by atoms with E-state index in [-0.39, 0.29) is 0 Å². The molecule has 1 saturated heterocycles. The molecule has 1 aliphatic rings. The Kier molecular flexibility index (Phi) is 2.66. The lowest BCUT2D eigenvalue weighted by Crippen LogP contribution is -2.07. The summed E-state index contributed by atoms with van der Waals surface area (Å²) in [5.74, 6) is 0.752. The molecule has 1 aliphatic heterocycles. The molecule has 12 heavy (non-hydrogen) atoms. The van der Waals surface area contributed by atoms with Gasteiger partial charge in [-0.2, -0.15) is 0 Å². The first-order valence-corrected chi connectivity index (χ1v) is 5.40. The highest BCUT2D eigenvalue weighted by Crippen LogP contribution is 2.22. The fourth-order valence-corrected chi connectivity index (χ4v) is 2.03. The van der Waals surface area contributed by atoms with Gasteiger partial charge in [0.2, 0.25) is 0 Å². The van der Waals surface area contributed by atoms with Crippen molar-refractivity contribution in [1.82, 2.24) is 5.32 Å². The van der Waals surface area contributed by atoms with Gasteiger partial charge in [-0.05, 0) is 59.2 Å². The van der Waals surface area contributed by atoms with Crippen LogP contribution in [0.3, 0.4) is 0 Å². The monoisotopic (exact) mass is 273 g/mol. The van der Waals surface area contributed by atoms with Crippen LogP contribution in [0.5, 0.6) is 0 Å². The van der Waals surface area contributed by atoms with Crippen molar-refractivity contribution in [3.05, 3.63) is 33.4 Å². The number of nitrogens with one attached hydrogen (secondary N) is 1. The van der Waals surface area contributed by atoms with E-state index in [0.717, 1.165) is 12.5 Å². The smallest absolute Gasteiger partial charge is 0.0130 e. The molecule has 1 aromatic rings. The second kappa shape index (κ2) is 3.75. The Bertz CT molecular complexity index is 249. The first kappa shape index (κ1) is 8.51. The van der Waals surface area contributed by atoms with Crippen LogP contribution in [0.4, 0.5) is 0 Å². The molecule has 64 valence electrons. The number of hydrogen-bond acceptors (Lipinski definition) is 1. The normalized spacial score (nSPS) is 22.9. The van der Waals surface area contributed by atoms with Gasteiger partial charge in [-0.15, -0.1) is 0 Å². The van der Waals surface area contributed by atoms with Gasteiger partial charge in [0, 0.05) is 10.1 Å². The van der Waals surface area contributed by atoms with E-state index in [2.05, 4.69) is 52.2 Å².